The predicted octanol–water partition coefficient (Wildman–Crippen LogP) is 1.92. The van der Waals surface area contributed by atoms with E-state index in [9.17, 15) is 15.2 Å². The van der Waals surface area contributed by atoms with E-state index in [0.717, 1.165) is 12.8 Å². The molecule has 1 fully saturated rings. The van der Waals surface area contributed by atoms with Crippen molar-refractivity contribution in [2.24, 2.45) is 5.92 Å². The van der Waals surface area contributed by atoms with Gasteiger partial charge in [0.2, 0.25) is 0 Å². The molecule has 0 amide bonds. The Morgan fingerprint density at radius 3 is 2.68 bits per heavy atom. The van der Waals surface area contributed by atoms with Crippen LogP contribution in [0.3, 0.4) is 0 Å². The summed E-state index contributed by atoms with van der Waals surface area (Å²) in [6.07, 6.45) is 0.998. The first-order chi connectivity index (χ1) is 9.02. The summed E-state index contributed by atoms with van der Waals surface area (Å²) in [6, 6.07) is 1.46. The second-order valence-corrected chi connectivity index (χ2v) is 5.95. The number of piperidine rings is 1. The molecule has 2 rings (SSSR count). The van der Waals surface area contributed by atoms with E-state index >= 15 is 0 Å². The second kappa shape index (κ2) is 5.85. The third kappa shape index (κ3) is 3.05. The van der Waals surface area contributed by atoms with Gasteiger partial charge in [-0.1, -0.05) is 0 Å². The van der Waals surface area contributed by atoms with Crippen molar-refractivity contribution in [1.82, 2.24) is 0 Å². The van der Waals surface area contributed by atoms with Gasteiger partial charge in [0.05, 0.1) is 11.0 Å². The monoisotopic (exact) mass is 286 g/mol. The van der Waals surface area contributed by atoms with Gasteiger partial charge in [0.25, 0.3) is 0 Å². The van der Waals surface area contributed by atoms with Gasteiger partial charge in [0.1, 0.15) is 0 Å². The zero-order chi connectivity index (χ0) is 14.0. The lowest BCUT2D eigenvalue weighted by Gasteiger charge is -2.31. The standard InChI is InChI=1S/C12H18N2O4S/c1-8(16)11-6-10(14(17)18)12(19-11)13-4-2-9(7-15)3-5-13/h6,8-9,15-16H,2-5,7H2,1H3/t8-/m1/s1. The van der Waals surface area contributed by atoms with Gasteiger partial charge in [-0.2, -0.15) is 0 Å². The molecule has 2 heterocycles. The largest absolute Gasteiger partial charge is 0.396 e. The molecule has 1 aliphatic heterocycles. The lowest BCUT2D eigenvalue weighted by Crippen LogP contribution is -2.34. The Morgan fingerprint density at radius 2 is 2.21 bits per heavy atom. The highest BCUT2D eigenvalue weighted by Gasteiger charge is 2.28. The van der Waals surface area contributed by atoms with Crippen LogP contribution in [0.1, 0.15) is 30.7 Å². The van der Waals surface area contributed by atoms with Crippen LogP contribution in [-0.2, 0) is 0 Å². The van der Waals surface area contributed by atoms with Gasteiger partial charge < -0.3 is 15.1 Å². The lowest BCUT2D eigenvalue weighted by molar-refractivity contribution is -0.383. The van der Waals surface area contributed by atoms with Crippen LogP contribution < -0.4 is 4.90 Å². The fourth-order valence-corrected chi connectivity index (χ4v) is 3.39. The van der Waals surface area contributed by atoms with E-state index in [2.05, 4.69) is 0 Å². The van der Waals surface area contributed by atoms with Gasteiger partial charge in [-0.15, -0.1) is 11.3 Å². The van der Waals surface area contributed by atoms with Gasteiger partial charge >= 0.3 is 5.69 Å². The summed E-state index contributed by atoms with van der Waals surface area (Å²) < 4.78 is 0. The van der Waals surface area contributed by atoms with Crippen molar-refractivity contribution < 1.29 is 15.1 Å². The molecule has 6 nitrogen and oxygen atoms in total. The molecule has 2 N–H and O–H groups in total. The molecular weight excluding hydrogens is 268 g/mol. The molecule has 0 aliphatic carbocycles. The maximum atomic E-state index is 11.1. The van der Waals surface area contributed by atoms with E-state index in [1.165, 1.54) is 17.4 Å². The molecule has 0 saturated carbocycles. The third-order valence-corrected chi connectivity index (χ3v) is 4.84. The van der Waals surface area contributed by atoms with Crippen molar-refractivity contribution in [3.05, 3.63) is 21.1 Å². The van der Waals surface area contributed by atoms with Crippen molar-refractivity contribution in [1.29, 1.82) is 0 Å². The first-order valence-electron chi connectivity index (χ1n) is 6.35. The molecule has 0 radical (unpaired) electrons. The van der Waals surface area contributed by atoms with E-state index < -0.39 is 11.0 Å². The predicted molar refractivity (Wildman–Crippen MR) is 73.6 cm³/mol. The molecule has 0 spiro atoms. The fourth-order valence-electron chi connectivity index (χ4n) is 2.27. The van der Waals surface area contributed by atoms with Crippen LogP contribution >= 0.6 is 11.3 Å². The Morgan fingerprint density at radius 1 is 1.58 bits per heavy atom. The van der Waals surface area contributed by atoms with Crippen LogP contribution in [0.25, 0.3) is 0 Å². The van der Waals surface area contributed by atoms with E-state index in [1.807, 2.05) is 4.90 Å². The van der Waals surface area contributed by atoms with Gasteiger partial charge in [-0.25, -0.2) is 0 Å². The van der Waals surface area contributed by atoms with Crippen LogP contribution in [0.4, 0.5) is 10.7 Å². The minimum atomic E-state index is -0.688. The number of nitrogens with zero attached hydrogens (tertiary/aromatic N) is 2. The molecular formula is C12H18N2O4S. The molecule has 7 heteroatoms. The van der Waals surface area contributed by atoms with Crippen LogP contribution in [0.2, 0.25) is 0 Å². The molecule has 1 saturated heterocycles. The van der Waals surface area contributed by atoms with Crippen molar-refractivity contribution >= 4 is 22.0 Å². The highest BCUT2D eigenvalue weighted by molar-refractivity contribution is 7.16. The van der Waals surface area contributed by atoms with Gasteiger partial charge in [-0.3, -0.25) is 10.1 Å². The minimum absolute atomic E-state index is 0.0725. The minimum Gasteiger partial charge on any atom is -0.396 e. The summed E-state index contributed by atoms with van der Waals surface area (Å²) in [5.74, 6) is 0.298. The molecule has 1 aromatic heterocycles. The Balaban J connectivity index is 2.21. The van der Waals surface area contributed by atoms with E-state index in [1.54, 1.807) is 6.92 Å². The first kappa shape index (κ1) is 14.2. The smallest absolute Gasteiger partial charge is 0.304 e. The normalized spacial score (nSPS) is 18.6. The average molecular weight is 286 g/mol. The molecule has 0 aromatic carbocycles. The van der Waals surface area contributed by atoms with Crippen molar-refractivity contribution in [3.63, 3.8) is 0 Å². The number of hydrogen-bond acceptors (Lipinski definition) is 6. The molecule has 19 heavy (non-hydrogen) atoms. The van der Waals surface area contributed by atoms with E-state index in [4.69, 9.17) is 5.11 Å². The Bertz CT molecular complexity index is 453. The van der Waals surface area contributed by atoms with Gasteiger partial charge in [0.15, 0.2) is 5.00 Å². The Labute approximate surface area is 115 Å². The number of nitro groups is 1. The van der Waals surface area contributed by atoms with Gasteiger partial charge in [-0.05, 0) is 25.7 Å². The van der Waals surface area contributed by atoms with Crippen LogP contribution in [0.5, 0.6) is 0 Å². The lowest BCUT2D eigenvalue weighted by atomic mass is 9.98. The molecule has 1 atom stereocenters. The second-order valence-electron chi connectivity index (χ2n) is 4.89. The Kier molecular flexibility index (Phi) is 4.38. The topological polar surface area (TPSA) is 86.8 Å². The summed E-state index contributed by atoms with van der Waals surface area (Å²) in [7, 11) is 0. The molecule has 106 valence electrons. The molecule has 0 bridgehead atoms. The molecule has 1 aromatic rings. The van der Waals surface area contributed by atoms with E-state index in [-0.39, 0.29) is 12.3 Å². The number of thiophene rings is 1. The maximum Gasteiger partial charge on any atom is 0.304 e. The summed E-state index contributed by atoms with van der Waals surface area (Å²) in [5.41, 5.74) is 0.0725. The van der Waals surface area contributed by atoms with Crippen molar-refractivity contribution in [2.45, 2.75) is 25.9 Å². The number of rotatable bonds is 4. The van der Waals surface area contributed by atoms with Crippen LogP contribution in [0, 0.1) is 16.0 Å². The Hall–Kier alpha value is -1.18. The average Bonchev–Trinajstić information content (AvgIpc) is 2.84. The molecule has 1 aliphatic rings. The van der Waals surface area contributed by atoms with E-state index in [0.29, 0.717) is 28.9 Å². The number of anilines is 1. The zero-order valence-electron chi connectivity index (χ0n) is 10.8. The molecule has 0 unspecified atom stereocenters. The fraction of sp³-hybridized carbons (Fsp3) is 0.667. The summed E-state index contributed by atoms with van der Waals surface area (Å²) in [6.45, 7) is 3.22. The highest BCUT2D eigenvalue weighted by Crippen LogP contribution is 2.41. The van der Waals surface area contributed by atoms with Crippen LogP contribution in [-0.4, -0.2) is 34.8 Å². The number of aliphatic hydroxyl groups is 2. The number of aliphatic hydroxyl groups excluding tert-OH is 2. The quantitative estimate of drug-likeness (QED) is 0.652. The van der Waals surface area contributed by atoms with Crippen molar-refractivity contribution in [2.75, 3.05) is 24.6 Å². The first-order valence-corrected chi connectivity index (χ1v) is 7.16. The highest BCUT2D eigenvalue weighted by atomic mass is 32.1. The van der Waals surface area contributed by atoms with Crippen LogP contribution in [0.15, 0.2) is 6.07 Å². The summed E-state index contributed by atoms with van der Waals surface area (Å²) >= 11 is 1.28. The zero-order valence-corrected chi connectivity index (χ0v) is 11.6. The third-order valence-electron chi connectivity index (χ3n) is 3.48. The van der Waals surface area contributed by atoms with Crippen molar-refractivity contribution in [3.8, 4) is 0 Å². The summed E-state index contributed by atoms with van der Waals surface area (Å²) in [4.78, 5) is 13.3. The SMILES string of the molecule is C[C@@H](O)c1cc([N+](=O)[O-])c(N2CCC(CO)CC2)s1. The maximum absolute atomic E-state index is 11.1. The summed E-state index contributed by atoms with van der Waals surface area (Å²) in [5, 5.41) is 30.4. The number of hydrogen-bond donors (Lipinski definition) is 2. The van der Waals surface area contributed by atoms with Gasteiger partial charge in [0, 0.05) is 30.6 Å².